The predicted octanol–water partition coefficient (Wildman–Crippen LogP) is 22.4. The first-order chi connectivity index (χ1) is 36.5. The summed E-state index contributed by atoms with van der Waals surface area (Å²) in [7, 11) is 0. The number of ether oxygens (including phenoxy) is 3. The van der Waals surface area contributed by atoms with Crippen molar-refractivity contribution in [2.45, 2.75) is 367 Å². The molecule has 0 rings (SSSR count). The van der Waals surface area contributed by atoms with Gasteiger partial charge in [-0.15, -0.1) is 0 Å². The van der Waals surface area contributed by atoms with E-state index in [0.29, 0.717) is 19.3 Å². The summed E-state index contributed by atoms with van der Waals surface area (Å²) in [5.74, 6) is -0.879. The summed E-state index contributed by atoms with van der Waals surface area (Å²) >= 11 is 0. The Morgan fingerprint density at radius 2 is 0.486 bits per heavy atom. The van der Waals surface area contributed by atoms with Gasteiger partial charge < -0.3 is 14.2 Å². The van der Waals surface area contributed by atoms with E-state index in [1.807, 2.05) is 0 Å². The van der Waals surface area contributed by atoms with E-state index in [0.717, 1.165) is 89.9 Å². The van der Waals surface area contributed by atoms with Crippen molar-refractivity contribution < 1.29 is 28.6 Å². The van der Waals surface area contributed by atoms with Gasteiger partial charge in [0.05, 0.1) is 0 Å². The first-order valence-corrected chi connectivity index (χ1v) is 33.0. The number of carbonyl (C=O) groups excluding carboxylic acids is 3. The lowest BCUT2D eigenvalue weighted by Gasteiger charge is -2.18. The molecule has 0 radical (unpaired) electrons. The maximum Gasteiger partial charge on any atom is 0.306 e. The molecule has 0 saturated carbocycles. The SMILES string of the molecule is CCCCC/C=C\CCCCCCCC(=O)OCC(COC(=O)CCCCCCCCCCCCCCCCCCCCCCCCCCCCCC)OC(=O)CCCCCCC/C=C\C/C=C\CCCCCC. The van der Waals surface area contributed by atoms with Crippen molar-refractivity contribution >= 4 is 17.9 Å². The molecule has 0 heterocycles. The van der Waals surface area contributed by atoms with Gasteiger partial charge in [-0.05, 0) is 77.0 Å². The Kier molecular flexibility index (Phi) is 61.1. The lowest BCUT2D eigenvalue weighted by molar-refractivity contribution is -0.167. The van der Waals surface area contributed by atoms with Crippen LogP contribution >= 0.6 is 0 Å². The maximum atomic E-state index is 12.9. The van der Waals surface area contributed by atoms with Gasteiger partial charge in [0, 0.05) is 19.3 Å². The van der Waals surface area contributed by atoms with Gasteiger partial charge in [-0.2, -0.15) is 0 Å². The molecule has 0 bridgehead atoms. The van der Waals surface area contributed by atoms with E-state index < -0.39 is 6.10 Å². The van der Waals surface area contributed by atoms with Gasteiger partial charge in [-0.1, -0.05) is 301 Å². The summed E-state index contributed by atoms with van der Waals surface area (Å²) in [4.78, 5) is 38.2. The molecule has 74 heavy (non-hydrogen) atoms. The molecule has 0 aliphatic heterocycles. The van der Waals surface area contributed by atoms with Crippen LogP contribution in [0.5, 0.6) is 0 Å². The van der Waals surface area contributed by atoms with Crippen molar-refractivity contribution in [3.05, 3.63) is 36.5 Å². The largest absolute Gasteiger partial charge is 0.462 e. The van der Waals surface area contributed by atoms with Crippen LogP contribution in [-0.4, -0.2) is 37.2 Å². The fraction of sp³-hybridized carbons (Fsp3) is 0.868. The van der Waals surface area contributed by atoms with Gasteiger partial charge in [-0.25, -0.2) is 0 Å². The smallest absolute Gasteiger partial charge is 0.306 e. The summed E-state index contributed by atoms with van der Waals surface area (Å²) in [6, 6.07) is 0. The van der Waals surface area contributed by atoms with E-state index in [4.69, 9.17) is 14.2 Å². The number of rotatable bonds is 61. The highest BCUT2D eigenvalue weighted by atomic mass is 16.6. The zero-order chi connectivity index (χ0) is 53.6. The Bertz CT molecular complexity index is 1240. The van der Waals surface area contributed by atoms with Gasteiger partial charge in [0.25, 0.3) is 0 Å². The number of hydrogen-bond donors (Lipinski definition) is 0. The third-order valence-corrected chi connectivity index (χ3v) is 14.9. The average Bonchev–Trinajstić information content (AvgIpc) is 3.40. The third kappa shape index (κ3) is 60.5. The highest BCUT2D eigenvalue weighted by molar-refractivity contribution is 5.71. The molecule has 6 nitrogen and oxygen atoms in total. The number of allylic oxidation sites excluding steroid dienone is 6. The molecule has 1 unspecified atom stereocenters. The maximum absolute atomic E-state index is 12.9. The minimum atomic E-state index is -0.781. The van der Waals surface area contributed by atoms with E-state index in [2.05, 4.69) is 57.2 Å². The Hall–Kier alpha value is -2.37. The molecule has 0 saturated heterocycles. The summed E-state index contributed by atoms with van der Waals surface area (Å²) in [6.45, 7) is 6.64. The lowest BCUT2D eigenvalue weighted by atomic mass is 10.0. The molecular formula is C68H126O6. The molecule has 0 aromatic heterocycles. The van der Waals surface area contributed by atoms with Crippen molar-refractivity contribution in [3.8, 4) is 0 Å². The van der Waals surface area contributed by atoms with Crippen LogP contribution in [0.1, 0.15) is 361 Å². The highest BCUT2D eigenvalue weighted by Gasteiger charge is 2.19. The number of unbranched alkanes of at least 4 members (excludes halogenated alkanes) is 44. The number of carbonyl (C=O) groups is 3. The van der Waals surface area contributed by atoms with Gasteiger partial charge in [0.15, 0.2) is 6.10 Å². The molecule has 0 amide bonds. The standard InChI is InChI=1S/C68H126O6/c1-4-7-10-13-16-19-22-25-27-29-30-31-32-33-34-35-36-37-38-39-40-42-43-46-49-52-55-58-61-67(70)73-64-65(63-72-66(69)60-57-54-51-48-45-24-21-18-15-12-9-6-3)74-68(71)62-59-56-53-50-47-44-41-28-26-23-20-17-14-11-8-5-2/h18,20-21,23,28,41,65H,4-17,19,22,24-27,29-40,42-64H2,1-3H3/b21-18-,23-20-,41-28-. The normalized spacial score (nSPS) is 12.2. The minimum absolute atomic E-state index is 0.0767. The average molecular weight is 1040 g/mol. The van der Waals surface area contributed by atoms with Crippen LogP contribution in [0, 0.1) is 0 Å². The molecule has 0 aromatic rings. The molecule has 0 N–H and O–H groups in total. The van der Waals surface area contributed by atoms with E-state index >= 15 is 0 Å². The fourth-order valence-electron chi connectivity index (χ4n) is 9.88. The monoisotopic (exact) mass is 1040 g/mol. The molecule has 434 valence electrons. The zero-order valence-electron chi connectivity index (χ0n) is 49.9. The van der Waals surface area contributed by atoms with Crippen LogP contribution in [0.4, 0.5) is 0 Å². The summed E-state index contributed by atoms with van der Waals surface area (Å²) in [5, 5.41) is 0. The number of hydrogen-bond acceptors (Lipinski definition) is 6. The summed E-state index contributed by atoms with van der Waals surface area (Å²) in [5.41, 5.74) is 0. The van der Waals surface area contributed by atoms with Crippen LogP contribution in [0.2, 0.25) is 0 Å². The van der Waals surface area contributed by atoms with Gasteiger partial charge in [-0.3, -0.25) is 14.4 Å². The van der Waals surface area contributed by atoms with Gasteiger partial charge in [0.1, 0.15) is 13.2 Å². The van der Waals surface area contributed by atoms with E-state index in [-0.39, 0.29) is 31.1 Å². The molecule has 0 spiro atoms. The van der Waals surface area contributed by atoms with Crippen LogP contribution in [0.3, 0.4) is 0 Å². The van der Waals surface area contributed by atoms with E-state index in [1.165, 1.54) is 231 Å². The molecule has 0 fully saturated rings. The second-order valence-corrected chi connectivity index (χ2v) is 22.4. The Labute approximate surface area is 461 Å². The van der Waals surface area contributed by atoms with Crippen molar-refractivity contribution in [1.82, 2.24) is 0 Å². The molecule has 0 aliphatic carbocycles. The van der Waals surface area contributed by atoms with E-state index in [9.17, 15) is 14.4 Å². The van der Waals surface area contributed by atoms with Crippen LogP contribution in [-0.2, 0) is 28.6 Å². The van der Waals surface area contributed by atoms with Gasteiger partial charge in [0.2, 0.25) is 0 Å². The van der Waals surface area contributed by atoms with E-state index in [1.54, 1.807) is 0 Å². The van der Waals surface area contributed by atoms with Crippen molar-refractivity contribution in [2.75, 3.05) is 13.2 Å². The van der Waals surface area contributed by atoms with Gasteiger partial charge >= 0.3 is 17.9 Å². The summed E-state index contributed by atoms with van der Waals surface area (Å²) in [6.07, 6.45) is 77.4. The molecule has 0 aliphatic rings. The van der Waals surface area contributed by atoms with Crippen LogP contribution < -0.4 is 0 Å². The molecular weight excluding hydrogens is 913 g/mol. The first-order valence-electron chi connectivity index (χ1n) is 33.0. The van der Waals surface area contributed by atoms with Crippen LogP contribution in [0.25, 0.3) is 0 Å². The van der Waals surface area contributed by atoms with Crippen molar-refractivity contribution in [3.63, 3.8) is 0 Å². The zero-order valence-corrected chi connectivity index (χ0v) is 49.9. The topological polar surface area (TPSA) is 78.9 Å². The van der Waals surface area contributed by atoms with Crippen LogP contribution in [0.15, 0.2) is 36.5 Å². The fourth-order valence-corrected chi connectivity index (χ4v) is 9.88. The van der Waals surface area contributed by atoms with Crippen molar-refractivity contribution in [1.29, 1.82) is 0 Å². The second-order valence-electron chi connectivity index (χ2n) is 22.4. The Balaban J connectivity index is 4.17. The summed E-state index contributed by atoms with van der Waals surface area (Å²) < 4.78 is 16.9. The number of esters is 3. The molecule has 1 atom stereocenters. The Morgan fingerprint density at radius 3 is 0.797 bits per heavy atom. The first kappa shape index (κ1) is 71.6. The highest BCUT2D eigenvalue weighted by Crippen LogP contribution is 2.18. The molecule has 6 heteroatoms. The third-order valence-electron chi connectivity index (χ3n) is 14.9. The molecule has 0 aromatic carbocycles. The lowest BCUT2D eigenvalue weighted by Crippen LogP contribution is -2.30. The Morgan fingerprint density at radius 1 is 0.270 bits per heavy atom. The predicted molar refractivity (Wildman–Crippen MR) is 321 cm³/mol. The minimum Gasteiger partial charge on any atom is -0.462 e. The quantitative estimate of drug-likeness (QED) is 0.0261. The van der Waals surface area contributed by atoms with Crippen molar-refractivity contribution in [2.24, 2.45) is 0 Å². The second kappa shape index (κ2) is 63.2.